The molecule has 2 heterocycles. The van der Waals surface area contributed by atoms with Gasteiger partial charge in [-0.3, -0.25) is 57.9 Å². The Morgan fingerprint density at radius 3 is 1.94 bits per heavy atom. The van der Waals surface area contributed by atoms with Crippen molar-refractivity contribution in [3.63, 3.8) is 0 Å². The number of hydrogen-bond acceptors (Lipinski definition) is 12. The lowest BCUT2D eigenvalue weighted by atomic mass is 10.0. The Bertz CT molecular complexity index is 2670. The average molecular weight is 1080 g/mol. The third-order valence-electron chi connectivity index (χ3n) is 11.9. The van der Waals surface area contributed by atoms with Gasteiger partial charge in [0.15, 0.2) is 11.9 Å². The fraction of sp³-hybridized carbons (Fsp3) is 0.458. The van der Waals surface area contributed by atoms with E-state index in [0.29, 0.717) is 22.5 Å². The first-order chi connectivity index (χ1) is 36.5. The number of carbonyl (C=O) groups is 10. The van der Waals surface area contributed by atoms with Gasteiger partial charge in [0, 0.05) is 69.0 Å². The molecule has 7 atom stereocenters. The molecule has 0 spiro atoms. The van der Waals surface area contributed by atoms with Crippen LogP contribution in [0, 0.1) is 11.6 Å². The summed E-state index contributed by atoms with van der Waals surface area (Å²) in [5, 5.41) is 20.7. The van der Waals surface area contributed by atoms with E-state index in [0.717, 1.165) is 19.1 Å². The molecule has 29 heteroatoms. The molecule has 0 bridgehead atoms. The molecule has 21 N–H and O–H groups in total. The molecule has 3 aromatic rings. The molecule has 10 amide bonds. The Hall–Kier alpha value is -8.92. The molecule has 27 nitrogen and oxygen atoms in total. The van der Waals surface area contributed by atoms with Gasteiger partial charge in [-0.25, -0.2) is 8.78 Å². The van der Waals surface area contributed by atoms with Crippen molar-refractivity contribution < 1.29 is 56.7 Å². The van der Waals surface area contributed by atoms with Crippen LogP contribution in [0.5, 0.6) is 0 Å². The number of aromatic nitrogens is 1. The SMILES string of the molecule is CC(=O)N[C@@H](CCCN=C(N)N)C(=O)N[C@H]1CCC(=O)NCCC[C@@H](C(N)=O)NC(=O)[C@H](Cc2c[nH]c3ccccc23)NC(=O)[C@H](CCCN=C(N)N)NC(=O)[C@@H](Cc2cc(F)cc(F)c2)NC(=O)[C@H](CC(N)=O)NC1=O. The Morgan fingerprint density at radius 2 is 1.30 bits per heavy atom. The summed E-state index contributed by atoms with van der Waals surface area (Å²) in [6.45, 7) is 1.03. The third kappa shape index (κ3) is 20.7. The largest absolute Gasteiger partial charge is 0.370 e. The number of nitrogens with two attached hydrogens (primary N) is 6. The van der Waals surface area contributed by atoms with Gasteiger partial charge in [-0.2, -0.15) is 0 Å². The zero-order valence-corrected chi connectivity index (χ0v) is 42.3. The number of nitrogens with one attached hydrogen (secondary N) is 9. The number of hydrogen-bond donors (Lipinski definition) is 15. The number of aliphatic imine (C=N–C) groups is 2. The zero-order valence-electron chi connectivity index (χ0n) is 42.3. The monoisotopic (exact) mass is 1080 g/mol. The van der Waals surface area contributed by atoms with E-state index in [2.05, 4.69) is 57.5 Å². The van der Waals surface area contributed by atoms with E-state index in [1.54, 1.807) is 30.5 Å². The maximum absolute atomic E-state index is 14.6. The predicted molar refractivity (Wildman–Crippen MR) is 276 cm³/mol. The molecule has 0 radical (unpaired) electrons. The highest BCUT2D eigenvalue weighted by Crippen LogP contribution is 2.20. The van der Waals surface area contributed by atoms with Crippen molar-refractivity contribution in [1.82, 2.24) is 47.5 Å². The van der Waals surface area contributed by atoms with Crippen LogP contribution in [0.25, 0.3) is 10.9 Å². The van der Waals surface area contributed by atoms with E-state index in [9.17, 15) is 56.7 Å². The highest BCUT2D eigenvalue weighted by molar-refractivity contribution is 5.99. The van der Waals surface area contributed by atoms with Crippen LogP contribution in [-0.2, 0) is 60.8 Å². The smallest absolute Gasteiger partial charge is 0.243 e. The second-order valence-corrected chi connectivity index (χ2v) is 18.2. The second kappa shape index (κ2) is 29.8. The lowest BCUT2D eigenvalue weighted by Gasteiger charge is -2.28. The van der Waals surface area contributed by atoms with Crippen molar-refractivity contribution in [2.45, 2.75) is 120 Å². The van der Waals surface area contributed by atoms with Crippen LogP contribution >= 0.6 is 0 Å². The Labute approximate surface area is 440 Å². The van der Waals surface area contributed by atoms with E-state index in [-0.39, 0.29) is 82.1 Å². The van der Waals surface area contributed by atoms with Crippen LogP contribution in [0.4, 0.5) is 8.78 Å². The van der Waals surface area contributed by atoms with Crippen molar-refractivity contribution in [1.29, 1.82) is 0 Å². The number of carbonyl (C=O) groups excluding carboxylic acids is 10. The molecule has 4 rings (SSSR count). The minimum atomic E-state index is -1.93. The van der Waals surface area contributed by atoms with E-state index >= 15 is 0 Å². The van der Waals surface area contributed by atoms with Gasteiger partial charge in [0.1, 0.15) is 53.9 Å². The lowest BCUT2D eigenvalue weighted by molar-refractivity contribution is -0.136. The van der Waals surface area contributed by atoms with Crippen molar-refractivity contribution in [3.8, 4) is 0 Å². The topological polar surface area (TPSA) is 464 Å². The van der Waals surface area contributed by atoms with E-state index in [1.807, 2.05) is 0 Å². The Kier molecular flexibility index (Phi) is 23.5. The normalized spacial score (nSPS) is 20.8. The summed E-state index contributed by atoms with van der Waals surface area (Å²) in [5.41, 5.74) is 34.2. The molecule has 1 aliphatic heterocycles. The first-order valence-corrected chi connectivity index (χ1v) is 24.5. The average Bonchev–Trinajstić information content (AvgIpc) is 3.75. The van der Waals surface area contributed by atoms with Crippen LogP contribution < -0.4 is 76.9 Å². The number of aromatic amines is 1. The third-order valence-corrected chi connectivity index (χ3v) is 11.9. The molecule has 1 aliphatic rings. The number of amides is 10. The summed E-state index contributed by atoms with van der Waals surface area (Å²) >= 11 is 0. The van der Waals surface area contributed by atoms with Gasteiger partial charge >= 0.3 is 0 Å². The molecular formula is C48H67F2N17O10. The number of H-pyrrole nitrogens is 1. The van der Waals surface area contributed by atoms with Crippen LogP contribution in [0.2, 0.25) is 0 Å². The number of para-hydroxylation sites is 1. The van der Waals surface area contributed by atoms with Crippen LogP contribution in [0.15, 0.2) is 58.6 Å². The maximum Gasteiger partial charge on any atom is 0.243 e. The first-order valence-electron chi connectivity index (χ1n) is 24.5. The van der Waals surface area contributed by atoms with Gasteiger partial charge in [0.2, 0.25) is 59.1 Å². The number of halogens is 2. The van der Waals surface area contributed by atoms with Crippen molar-refractivity contribution >= 4 is 81.9 Å². The fourth-order valence-corrected chi connectivity index (χ4v) is 8.19. The van der Waals surface area contributed by atoms with Gasteiger partial charge in [-0.1, -0.05) is 18.2 Å². The molecule has 1 saturated heterocycles. The van der Waals surface area contributed by atoms with Crippen LogP contribution in [-0.4, -0.2) is 138 Å². The predicted octanol–water partition coefficient (Wildman–Crippen LogP) is -4.20. The van der Waals surface area contributed by atoms with Gasteiger partial charge in [-0.05, 0) is 74.3 Å². The standard InChI is InChI=1S/C48H67F2N17O10/c1-24(68)61-32(10-5-15-58-47(53)54)41(72)64-34-12-13-39(70)57-14-4-9-31(40(52)71)62-45(76)36(20-26-23-60-30-8-3-2-7-29(26)30)66-42(73)33(11-6-16-59-48(55)56)63-44(75)35(19-25-17-27(49)21-28(50)18-25)65-46(77)37(22-38(51)69)67-43(34)74/h2-3,7-8,17-18,21,23,31-37,60H,4-6,9-16,19-20,22H2,1H3,(H2,51,69)(H2,52,71)(H,57,70)(H,61,68)(H,62,76)(H,63,75)(H,64,72)(H,65,77)(H,66,73)(H,67,74)(H4,53,54,58)(H4,55,56,59)/t31-,32-,33-,34-,35+,36-,37-/m0/s1. The molecular weight excluding hydrogens is 1010 g/mol. The van der Waals surface area contributed by atoms with E-state index in [4.69, 9.17) is 34.4 Å². The quantitative estimate of drug-likeness (QED) is 0.0327. The maximum atomic E-state index is 14.6. The van der Waals surface area contributed by atoms with Crippen molar-refractivity contribution in [3.05, 3.63) is 71.4 Å². The molecule has 1 aromatic heterocycles. The number of benzene rings is 2. The second-order valence-electron chi connectivity index (χ2n) is 18.2. The number of fused-ring (bicyclic) bond motifs is 1. The lowest BCUT2D eigenvalue weighted by Crippen LogP contribution is -2.61. The summed E-state index contributed by atoms with van der Waals surface area (Å²) in [7, 11) is 0. The number of rotatable bonds is 18. The molecule has 0 unspecified atom stereocenters. The minimum Gasteiger partial charge on any atom is -0.370 e. The summed E-state index contributed by atoms with van der Waals surface area (Å²) in [5.74, 6) is -12.4. The van der Waals surface area contributed by atoms with Crippen LogP contribution in [0.1, 0.15) is 75.8 Å². The van der Waals surface area contributed by atoms with Gasteiger partial charge in [-0.15, -0.1) is 0 Å². The van der Waals surface area contributed by atoms with Crippen LogP contribution in [0.3, 0.4) is 0 Å². The molecule has 0 saturated carbocycles. The summed E-state index contributed by atoms with van der Waals surface area (Å²) in [4.78, 5) is 147. The van der Waals surface area contributed by atoms with Gasteiger partial charge in [0.05, 0.1) is 6.42 Å². The van der Waals surface area contributed by atoms with Crippen molar-refractivity contribution in [2.75, 3.05) is 19.6 Å². The minimum absolute atomic E-state index is 0.0238. The molecule has 1 fully saturated rings. The Balaban J connectivity index is 1.81. The first kappa shape index (κ1) is 60.6. The summed E-state index contributed by atoms with van der Waals surface area (Å²) in [6.07, 6.45) is -1.24. The fourth-order valence-electron chi connectivity index (χ4n) is 8.19. The zero-order chi connectivity index (χ0) is 56.8. The molecule has 418 valence electrons. The highest BCUT2D eigenvalue weighted by Gasteiger charge is 2.35. The van der Waals surface area contributed by atoms with Crippen molar-refractivity contribution in [2.24, 2.45) is 44.4 Å². The molecule has 77 heavy (non-hydrogen) atoms. The summed E-state index contributed by atoms with van der Waals surface area (Å²) in [6, 6.07) is -1.77. The molecule has 0 aliphatic carbocycles. The Morgan fingerprint density at radius 1 is 0.714 bits per heavy atom. The molecule has 2 aromatic carbocycles. The van der Waals surface area contributed by atoms with Gasteiger partial charge < -0.3 is 81.9 Å². The van der Waals surface area contributed by atoms with Gasteiger partial charge in [0.25, 0.3) is 0 Å². The highest BCUT2D eigenvalue weighted by atomic mass is 19.1. The number of guanidine groups is 2. The van der Waals surface area contributed by atoms with E-state index < -0.39 is 139 Å². The number of nitrogens with zero attached hydrogens (tertiary/aromatic N) is 2. The summed E-state index contributed by atoms with van der Waals surface area (Å²) < 4.78 is 29.2. The van der Waals surface area contributed by atoms with E-state index in [1.165, 1.54) is 0 Å². The number of primary amides is 2.